The molecule has 0 fully saturated rings. The molecule has 0 amide bonds. The average molecular weight is 342 g/mol. The molecule has 0 spiro atoms. The van der Waals surface area contributed by atoms with Gasteiger partial charge in [-0.25, -0.2) is 9.97 Å². The predicted octanol–water partition coefficient (Wildman–Crippen LogP) is 2.22. The number of anilines is 1. The van der Waals surface area contributed by atoms with Gasteiger partial charge in [0.25, 0.3) is 0 Å². The van der Waals surface area contributed by atoms with Crippen molar-refractivity contribution in [1.29, 1.82) is 0 Å². The zero-order valence-electron chi connectivity index (χ0n) is 13.8. The summed E-state index contributed by atoms with van der Waals surface area (Å²) in [6.07, 6.45) is 0.952. The normalized spacial score (nSPS) is 15.5. The lowest BCUT2D eigenvalue weighted by Gasteiger charge is -2.26. The van der Waals surface area contributed by atoms with Gasteiger partial charge in [-0.1, -0.05) is 18.1 Å². The summed E-state index contributed by atoms with van der Waals surface area (Å²) in [5.41, 5.74) is -3.42. The van der Waals surface area contributed by atoms with Crippen LogP contribution in [0.15, 0.2) is 24.5 Å². The fourth-order valence-corrected chi connectivity index (χ4v) is 1.71. The van der Waals surface area contributed by atoms with Crippen LogP contribution in [0.5, 0.6) is 0 Å². The van der Waals surface area contributed by atoms with E-state index in [0.29, 0.717) is 20.0 Å². The molecule has 2 atom stereocenters. The number of allylic oxidation sites excluding steroid dienone is 1. The predicted molar refractivity (Wildman–Crippen MR) is 86.2 cm³/mol. The minimum absolute atomic E-state index is 0.136. The molecular formula is C16H21F3N4O. The summed E-state index contributed by atoms with van der Waals surface area (Å²) < 4.78 is 38.3. The Kier molecular flexibility index (Phi) is 7.19. The highest BCUT2D eigenvalue weighted by atomic mass is 19.4. The van der Waals surface area contributed by atoms with Crippen LogP contribution >= 0.6 is 0 Å². The molecule has 0 saturated heterocycles. The summed E-state index contributed by atoms with van der Waals surface area (Å²) in [6.45, 7) is 5.44. The van der Waals surface area contributed by atoms with Crippen LogP contribution in [0.1, 0.15) is 26.3 Å². The number of alkyl halides is 3. The van der Waals surface area contributed by atoms with E-state index in [1.54, 1.807) is 6.92 Å². The summed E-state index contributed by atoms with van der Waals surface area (Å²) in [4.78, 5) is 7.67. The SMILES string of the molecule is CC#CC(CNCC=CC)Nc1ncc(C(C)(O)C(F)(F)F)cn1. The maximum absolute atomic E-state index is 12.8. The molecule has 132 valence electrons. The van der Waals surface area contributed by atoms with Gasteiger partial charge in [-0.05, 0) is 20.8 Å². The Morgan fingerprint density at radius 1 is 1.33 bits per heavy atom. The molecule has 0 saturated carbocycles. The molecule has 3 N–H and O–H groups in total. The highest BCUT2D eigenvalue weighted by Gasteiger charge is 2.51. The van der Waals surface area contributed by atoms with Gasteiger partial charge in [-0.3, -0.25) is 0 Å². The number of hydrogen-bond acceptors (Lipinski definition) is 5. The summed E-state index contributed by atoms with van der Waals surface area (Å²) in [5.74, 6) is 5.83. The molecular weight excluding hydrogens is 321 g/mol. The first-order chi connectivity index (χ1) is 11.2. The van der Waals surface area contributed by atoms with Gasteiger partial charge in [0.15, 0.2) is 5.60 Å². The Morgan fingerprint density at radius 2 is 1.96 bits per heavy atom. The summed E-state index contributed by atoms with van der Waals surface area (Å²) in [6, 6.07) is -0.297. The molecule has 0 aliphatic carbocycles. The Morgan fingerprint density at radius 3 is 2.46 bits per heavy atom. The quantitative estimate of drug-likeness (QED) is 0.403. The Hall–Kier alpha value is -2.11. The van der Waals surface area contributed by atoms with Crippen LogP contribution < -0.4 is 10.6 Å². The molecule has 0 bridgehead atoms. The number of nitrogens with zero attached hydrogens (tertiary/aromatic N) is 2. The van der Waals surface area contributed by atoms with Crippen LogP contribution in [0.2, 0.25) is 0 Å². The van der Waals surface area contributed by atoms with E-state index in [1.807, 2.05) is 19.1 Å². The van der Waals surface area contributed by atoms with Crippen molar-refractivity contribution in [1.82, 2.24) is 15.3 Å². The van der Waals surface area contributed by atoms with Gasteiger partial charge >= 0.3 is 6.18 Å². The summed E-state index contributed by atoms with van der Waals surface area (Å²) in [5, 5.41) is 15.7. The first kappa shape index (κ1) is 19.9. The van der Waals surface area contributed by atoms with Crippen molar-refractivity contribution in [2.45, 2.75) is 38.6 Å². The van der Waals surface area contributed by atoms with Gasteiger partial charge in [-0.15, -0.1) is 5.92 Å². The fraction of sp³-hybridized carbons (Fsp3) is 0.500. The van der Waals surface area contributed by atoms with Crippen molar-refractivity contribution in [2.24, 2.45) is 0 Å². The van der Waals surface area contributed by atoms with Crippen LogP contribution in [0.25, 0.3) is 0 Å². The van der Waals surface area contributed by atoms with E-state index in [-0.39, 0.29) is 12.0 Å². The van der Waals surface area contributed by atoms with Gasteiger partial charge in [0.1, 0.15) is 6.04 Å². The molecule has 2 unspecified atom stereocenters. The molecule has 1 aromatic heterocycles. The number of hydrogen-bond donors (Lipinski definition) is 3. The van der Waals surface area contributed by atoms with Crippen LogP contribution in [0, 0.1) is 11.8 Å². The monoisotopic (exact) mass is 342 g/mol. The number of rotatable bonds is 7. The third-order valence-corrected chi connectivity index (χ3v) is 3.23. The van der Waals surface area contributed by atoms with Crippen molar-refractivity contribution < 1.29 is 18.3 Å². The van der Waals surface area contributed by atoms with Crippen LogP contribution in [0.3, 0.4) is 0 Å². The van der Waals surface area contributed by atoms with Gasteiger partial charge in [0.05, 0.1) is 0 Å². The van der Waals surface area contributed by atoms with E-state index < -0.39 is 17.3 Å². The van der Waals surface area contributed by atoms with Crippen molar-refractivity contribution in [3.05, 3.63) is 30.1 Å². The molecule has 0 radical (unpaired) electrons. The van der Waals surface area contributed by atoms with Crippen LogP contribution in [-0.4, -0.2) is 40.4 Å². The highest BCUT2D eigenvalue weighted by Crippen LogP contribution is 2.37. The first-order valence-corrected chi connectivity index (χ1v) is 7.34. The second kappa shape index (κ2) is 8.66. The van der Waals surface area contributed by atoms with Crippen LogP contribution in [-0.2, 0) is 5.60 Å². The van der Waals surface area contributed by atoms with Gasteiger partial charge in [0, 0.05) is 31.0 Å². The van der Waals surface area contributed by atoms with E-state index >= 15 is 0 Å². The molecule has 8 heteroatoms. The van der Waals surface area contributed by atoms with E-state index in [1.165, 1.54) is 0 Å². The van der Waals surface area contributed by atoms with Gasteiger partial charge in [0.2, 0.25) is 5.95 Å². The van der Waals surface area contributed by atoms with E-state index in [4.69, 9.17) is 0 Å². The van der Waals surface area contributed by atoms with Crippen molar-refractivity contribution in [3.63, 3.8) is 0 Å². The lowest BCUT2D eigenvalue weighted by molar-refractivity contribution is -0.259. The van der Waals surface area contributed by atoms with Gasteiger partial charge < -0.3 is 15.7 Å². The number of nitrogens with one attached hydrogen (secondary N) is 2. The van der Waals surface area contributed by atoms with Gasteiger partial charge in [-0.2, -0.15) is 13.2 Å². The average Bonchev–Trinajstić information content (AvgIpc) is 2.51. The second-order valence-electron chi connectivity index (χ2n) is 5.18. The topological polar surface area (TPSA) is 70.1 Å². The van der Waals surface area contributed by atoms with Crippen molar-refractivity contribution in [2.75, 3.05) is 18.4 Å². The lowest BCUT2D eigenvalue weighted by atomic mass is 9.99. The molecule has 1 heterocycles. The molecule has 1 aromatic rings. The Labute approximate surface area is 139 Å². The summed E-state index contributed by atoms with van der Waals surface area (Å²) in [7, 11) is 0. The zero-order chi connectivity index (χ0) is 18.2. The van der Waals surface area contributed by atoms with Crippen molar-refractivity contribution in [3.8, 4) is 11.8 Å². The molecule has 24 heavy (non-hydrogen) atoms. The lowest BCUT2D eigenvalue weighted by Crippen LogP contribution is -2.39. The summed E-state index contributed by atoms with van der Waals surface area (Å²) >= 11 is 0. The fourth-order valence-electron chi connectivity index (χ4n) is 1.71. The second-order valence-corrected chi connectivity index (χ2v) is 5.18. The maximum Gasteiger partial charge on any atom is 0.421 e. The van der Waals surface area contributed by atoms with E-state index in [0.717, 1.165) is 12.4 Å². The first-order valence-electron chi connectivity index (χ1n) is 7.34. The third kappa shape index (κ3) is 5.51. The van der Waals surface area contributed by atoms with Crippen LogP contribution in [0.4, 0.5) is 19.1 Å². The molecule has 5 nitrogen and oxygen atoms in total. The molecule has 0 aliphatic heterocycles. The molecule has 1 rings (SSSR count). The third-order valence-electron chi connectivity index (χ3n) is 3.23. The Balaban J connectivity index is 2.78. The number of aromatic nitrogens is 2. The molecule has 0 aromatic carbocycles. The number of halogens is 3. The Bertz CT molecular complexity index is 600. The minimum Gasteiger partial charge on any atom is -0.376 e. The maximum atomic E-state index is 12.8. The van der Waals surface area contributed by atoms with E-state index in [9.17, 15) is 18.3 Å². The largest absolute Gasteiger partial charge is 0.421 e. The number of aliphatic hydroxyl groups is 1. The highest BCUT2D eigenvalue weighted by molar-refractivity contribution is 5.32. The minimum atomic E-state index is -4.81. The smallest absolute Gasteiger partial charge is 0.376 e. The van der Waals surface area contributed by atoms with E-state index in [2.05, 4.69) is 32.4 Å². The standard InChI is InChI=1S/C16H21F3N4O/c1-4-6-8-20-11-13(7-5-2)23-14-21-9-12(10-22-14)15(3,24)16(17,18)19/h4,6,9-10,13,20,24H,8,11H2,1-3H3,(H,21,22,23). The zero-order valence-corrected chi connectivity index (χ0v) is 13.8. The van der Waals surface area contributed by atoms with Crippen molar-refractivity contribution >= 4 is 5.95 Å². The molecule has 0 aliphatic rings.